The Morgan fingerprint density at radius 2 is 1.89 bits per heavy atom. The third kappa shape index (κ3) is 4.36. The minimum atomic E-state index is 0. The fourth-order valence-electron chi connectivity index (χ4n) is 4.90. The molecular weight excluding hydrogens is 391 g/mol. The zero-order valence-electron chi connectivity index (χ0n) is 16.3. The standard InChI is InChI=1S/C23H27ClN2O.ClH/c1-16-18(4-2-5-22(16)26-13-3-6-23(26)27)14-20-8-7-19(15-21(20)24)17-9-11-25-12-10-17;/h7-12,15-16,18,22H,2-6,13-14H2,1H3;1H. The maximum Gasteiger partial charge on any atom is 0.222 e. The first-order valence-corrected chi connectivity index (χ1v) is 10.5. The Bertz CT molecular complexity index is 812. The molecule has 0 radical (unpaired) electrons. The average molecular weight is 419 g/mol. The van der Waals surface area contributed by atoms with E-state index in [1.165, 1.54) is 18.4 Å². The van der Waals surface area contributed by atoms with Gasteiger partial charge < -0.3 is 4.90 Å². The van der Waals surface area contributed by atoms with Gasteiger partial charge in [-0.3, -0.25) is 9.78 Å². The highest BCUT2D eigenvalue weighted by molar-refractivity contribution is 6.31. The van der Waals surface area contributed by atoms with Crippen LogP contribution in [0.5, 0.6) is 0 Å². The summed E-state index contributed by atoms with van der Waals surface area (Å²) in [5.41, 5.74) is 3.49. The summed E-state index contributed by atoms with van der Waals surface area (Å²) in [4.78, 5) is 18.4. The number of pyridine rings is 1. The van der Waals surface area contributed by atoms with E-state index in [1.54, 1.807) is 12.4 Å². The summed E-state index contributed by atoms with van der Waals surface area (Å²) in [7, 11) is 0. The molecule has 28 heavy (non-hydrogen) atoms. The van der Waals surface area contributed by atoms with Crippen LogP contribution in [0.4, 0.5) is 0 Å². The zero-order chi connectivity index (χ0) is 18.8. The lowest BCUT2D eigenvalue weighted by atomic mass is 9.73. The van der Waals surface area contributed by atoms with Crippen LogP contribution in [0.3, 0.4) is 0 Å². The molecule has 0 spiro atoms. The number of hydrogen-bond acceptors (Lipinski definition) is 2. The number of carbonyl (C=O) groups is 1. The Morgan fingerprint density at radius 3 is 2.57 bits per heavy atom. The van der Waals surface area contributed by atoms with Crippen LogP contribution in [-0.4, -0.2) is 28.4 Å². The molecule has 5 heteroatoms. The molecule has 1 saturated carbocycles. The molecule has 3 nitrogen and oxygen atoms in total. The van der Waals surface area contributed by atoms with Crippen LogP contribution < -0.4 is 0 Å². The van der Waals surface area contributed by atoms with Crippen molar-refractivity contribution in [2.75, 3.05) is 6.54 Å². The van der Waals surface area contributed by atoms with E-state index in [0.29, 0.717) is 23.8 Å². The molecule has 2 fully saturated rings. The second kappa shape index (κ2) is 9.28. The molecule has 1 amide bonds. The predicted octanol–water partition coefficient (Wildman–Crippen LogP) is 5.79. The smallest absolute Gasteiger partial charge is 0.222 e. The van der Waals surface area contributed by atoms with Gasteiger partial charge in [0.05, 0.1) is 0 Å². The van der Waals surface area contributed by atoms with Gasteiger partial charge in [0, 0.05) is 36.4 Å². The lowest BCUT2D eigenvalue weighted by Crippen LogP contribution is -2.45. The topological polar surface area (TPSA) is 33.2 Å². The second-order valence-electron chi connectivity index (χ2n) is 8.05. The zero-order valence-corrected chi connectivity index (χ0v) is 17.9. The number of aromatic nitrogens is 1. The molecule has 2 heterocycles. The van der Waals surface area contributed by atoms with Gasteiger partial charge in [-0.1, -0.05) is 37.1 Å². The van der Waals surface area contributed by atoms with E-state index in [9.17, 15) is 4.79 Å². The van der Waals surface area contributed by atoms with E-state index in [0.717, 1.165) is 48.4 Å². The van der Waals surface area contributed by atoms with Crippen LogP contribution in [0.15, 0.2) is 42.7 Å². The fourth-order valence-corrected chi connectivity index (χ4v) is 5.15. The number of nitrogens with zero attached hydrogens (tertiary/aromatic N) is 2. The Balaban J connectivity index is 0.00000225. The van der Waals surface area contributed by atoms with Gasteiger partial charge >= 0.3 is 0 Å². The van der Waals surface area contributed by atoms with Crippen molar-refractivity contribution in [2.24, 2.45) is 11.8 Å². The number of likely N-dealkylation sites (tertiary alicyclic amines) is 1. The number of hydrogen-bond donors (Lipinski definition) is 0. The molecule has 2 aliphatic rings. The minimum absolute atomic E-state index is 0. The van der Waals surface area contributed by atoms with E-state index in [-0.39, 0.29) is 12.4 Å². The summed E-state index contributed by atoms with van der Waals surface area (Å²) >= 11 is 6.65. The summed E-state index contributed by atoms with van der Waals surface area (Å²) in [5.74, 6) is 1.46. The van der Waals surface area contributed by atoms with Crippen LogP contribution in [0.2, 0.25) is 5.02 Å². The molecular formula is C23H28Cl2N2O. The van der Waals surface area contributed by atoms with E-state index < -0.39 is 0 Å². The van der Waals surface area contributed by atoms with E-state index in [1.807, 2.05) is 12.1 Å². The average Bonchev–Trinajstić information content (AvgIpc) is 3.11. The number of benzene rings is 1. The first kappa shape index (κ1) is 21.1. The molecule has 1 saturated heterocycles. The van der Waals surface area contributed by atoms with Gasteiger partial charge in [0.1, 0.15) is 0 Å². The van der Waals surface area contributed by atoms with Crippen molar-refractivity contribution >= 4 is 29.9 Å². The molecule has 1 aliphatic heterocycles. The van der Waals surface area contributed by atoms with Crippen molar-refractivity contribution < 1.29 is 4.79 Å². The van der Waals surface area contributed by atoms with Crippen molar-refractivity contribution in [1.29, 1.82) is 0 Å². The lowest BCUT2D eigenvalue weighted by Gasteiger charge is -2.41. The highest BCUT2D eigenvalue weighted by atomic mass is 35.5. The Labute approximate surface area is 178 Å². The fraction of sp³-hybridized carbons (Fsp3) is 0.478. The van der Waals surface area contributed by atoms with Crippen molar-refractivity contribution in [2.45, 2.75) is 51.5 Å². The molecule has 1 aromatic carbocycles. The second-order valence-corrected chi connectivity index (χ2v) is 8.46. The van der Waals surface area contributed by atoms with Crippen molar-refractivity contribution in [3.05, 3.63) is 53.3 Å². The van der Waals surface area contributed by atoms with Crippen LogP contribution in [0.1, 0.15) is 44.6 Å². The van der Waals surface area contributed by atoms with E-state index in [2.05, 4.69) is 35.0 Å². The molecule has 150 valence electrons. The van der Waals surface area contributed by atoms with E-state index in [4.69, 9.17) is 11.6 Å². The van der Waals surface area contributed by atoms with Gasteiger partial charge in [-0.05, 0) is 72.4 Å². The molecule has 1 aliphatic carbocycles. The highest BCUT2D eigenvalue weighted by Crippen LogP contribution is 2.38. The first-order valence-electron chi connectivity index (χ1n) is 10.1. The maximum absolute atomic E-state index is 12.2. The maximum atomic E-state index is 12.2. The molecule has 0 bridgehead atoms. The largest absolute Gasteiger partial charge is 0.339 e. The Morgan fingerprint density at radius 1 is 1.11 bits per heavy atom. The van der Waals surface area contributed by atoms with Gasteiger partial charge in [0.25, 0.3) is 0 Å². The monoisotopic (exact) mass is 418 g/mol. The van der Waals surface area contributed by atoms with Gasteiger partial charge in [-0.15, -0.1) is 12.4 Å². The number of rotatable bonds is 4. The Hall–Kier alpha value is -1.58. The van der Waals surface area contributed by atoms with Crippen molar-refractivity contribution in [3.8, 4) is 11.1 Å². The number of halogens is 2. The van der Waals surface area contributed by atoms with Crippen molar-refractivity contribution in [3.63, 3.8) is 0 Å². The van der Waals surface area contributed by atoms with Gasteiger partial charge in [0.15, 0.2) is 0 Å². The summed E-state index contributed by atoms with van der Waals surface area (Å²) < 4.78 is 0. The quantitative estimate of drug-likeness (QED) is 0.628. The van der Waals surface area contributed by atoms with Crippen LogP contribution >= 0.6 is 24.0 Å². The molecule has 0 N–H and O–H groups in total. The molecule has 2 aromatic rings. The SMILES string of the molecule is CC1C(Cc2ccc(-c3ccncc3)cc2Cl)CCCC1N1CCCC1=O.Cl. The first-order chi connectivity index (χ1) is 13.1. The van der Waals surface area contributed by atoms with Crippen LogP contribution in [-0.2, 0) is 11.2 Å². The Kier molecular flexibility index (Phi) is 7.00. The summed E-state index contributed by atoms with van der Waals surface area (Å²) in [6, 6.07) is 10.8. The molecule has 3 atom stereocenters. The summed E-state index contributed by atoms with van der Waals surface area (Å²) in [5, 5.41) is 0.843. The van der Waals surface area contributed by atoms with Crippen LogP contribution in [0.25, 0.3) is 11.1 Å². The third-order valence-electron chi connectivity index (χ3n) is 6.48. The van der Waals surface area contributed by atoms with Gasteiger partial charge in [-0.25, -0.2) is 0 Å². The molecule has 1 aromatic heterocycles. The molecule has 4 rings (SSSR count). The number of amides is 1. The predicted molar refractivity (Wildman–Crippen MR) is 117 cm³/mol. The summed E-state index contributed by atoms with van der Waals surface area (Å²) in [6.07, 6.45) is 9.94. The molecule has 3 unspecified atom stereocenters. The van der Waals surface area contributed by atoms with Crippen LogP contribution in [0, 0.1) is 11.8 Å². The van der Waals surface area contributed by atoms with E-state index >= 15 is 0 Å². The van der Waals surface area contributed by atoms with Crippen molar-refractivity contribution in [1.82, 2.24) is 9.88 Å². The normalized spacial score (nSPS) is 24.9. The highest BCUT2D eigenvalue weighted by Gasteiger charge is 2.37. The number of carbonyl (C=O) groups excluding carboxylic acids is 1. The third-order valence-corrected chi connectivity index (χ3v) is 6.84. The summed E-state index contributed by atoms with van der Waals surface area (Å²) in [6.45, 7) is 3.28. The van der Waals surface area contributed by atoms with Gasteiger partial charge in [-0.2, -0.15) is 0 Å². The van der Waals surface area contributed by atoms with Gasteiger partial charge in [0.2, 0.25) is 5.91 Å². The minimum Gasteiger partial charge on any atom is -0.339 e. The lowest BCUT2D eigenvalue weighted by molar-refractivity contribution is -0.131.